The summed E-state index contributed by atoms with van der Waals surface area (Å²) in [7, 11) is 0. The Kier molecular flexibility index (Phi) is 8.87. The number of fused-ring (bicyclic) bond motifs is 5. The third-order valence-corrected chi connectivity index (χ3v) is 12.8. The van der Waals surface area contributed by atoms with Crippen molar-refractivity contribution in [1.82, 2.24) is 9.99 Å². The summed E-state index contributed by atoms with van der Waals surface area (Å²) in [6, 6.07) is 31.3. The monoisotopic (exact) mass is 822 g/mol. The molecule has 300 valence electrons. The van der Waals surface area contributed by atoms with Crippen LogP contribution in [0.5, 0.6) is 11.5 Å². The van der Waals surface area contributed by atoms with Gasteiger partial charge in [-0.3, -0.25) is 29.5 Å². The normalized spacial score (nSPS) is 24.6. The zero-order valence-electron chi connectivity index (χ0n) is 32.0. The number of nitrogens with zero attached hydrogens (tertiary/aromatic N) is 3. The topological polar surface area (TPSA) is 142 Å². The number of nitrogens with one attached hydrogen (secondary N) is 1. The number of hydrogen-bond acceptors (Lipinski definition) is 9. The van der Waals surface area contributed by atoms with Gasteiger partial charge in [-0.25, -0.2) is 9.37 Å². The molecule has 60 heavy (non-hydrogen) atoms. The number of benzene rings is 5. The Morgan fingerprint density at radius 1 is 0.900 bits per heavy atom. The average molecular weight is 823 g/mol. The van der Waals surface area contributed by atoms with Gasteiger partial charge in [0.25, 0.3) is 11.8 Å². The summed E-state index contributed by atoms with van der Waals surface area (Å²) in [4.78, 5) is 65.4. The van der Waals surface area contributed by atoms with Gasteiger partial charge in [-0.2, -0.15) is 5.01 Å². The molecule has 2 aliphatic carbocycles. The first kappa shape index (κ1) is 37.5. The molecule has 10 rings (SSSR count). The summed E-state index contributed by atoms with van der Waals surface area (Å²) >= 11 is 6.41. The second-order valence-electron chi connectivity index (χ2n) is 15.6. The van der Waals surface area contributed by atoms with Crippen molar-refractivity contribution in [2.45, 2.75) is 31.1 Å². The number of hydrogen-bond donors (Lipinski definition) is 2. The smallest absolute Gasteiger partial charge is 0.260 e. The number of amides is 4. The van der Waals surface area contributed by atoms with E-state index in [1.807, 2.05) is 30.3 Å². The van der Waals surface area contributed by atoms with Gasteiger partial charge in [0.05, 0.1) is 41.2 Å². The minimum atomic E-state index is -1.59. The third-order valence-electron chi connectivity index (χ3n) is 12.5. The van der Waals surface area contributed by atoms with Crippen LogP contribution in [0, 0.1) is 29.5 Å². The van der Waals surface area contributed by atoms with E-state index in [1.165, 1.54) is 35.2 Å². The Labute approximate surface area is 348 Å². The number of aromatic nitrogens is 1. The Morgan fingerprint density at radius 3 is 2.38 bits per heavy atom. The van der Waals surface area contributed by atoms with E-state index in [0.29, 0.717) is 50.1 Å². The summed E-state index contributed by atoms with van der Waals surface area (Å²) in [5.74, 6) is -5.95. The summed E-state index contributed by atoms with van der Waals surface area (Å²) in [5.41, 5.74) is 5.91. The fourth-order valence-electron chi connectivity index (χ4n) is 10.0. The van der Waals surface area contributed by atoms with Crippen LogP contribution in [-0.4, -0.2) is 45.3 Å². The lowest BCUT2D eigenvalue weighted by Gasteiger charge is -2.50. The second kappa shape index (κ2) is 14.2. The van der Waals surface area contributed by atoms with E-state index in [4.69, 9.17) is 20.8 Å². The summed E-state index contributed by atoms with van der Waals surface area (Å²) in [6.07, 6.45) is 2.24. The number of oxazole rings is 1. The molecular formula is C47H36ClFN4O7. The number of para-hydroxylation sites is 2. The van der Waals surface area contributed by atoms with Gasteiger partial charge < -0.3 is 14.3 Å². The number of phenolic OH excluding ortho intramolecular Hbond substituents is 1. The number of imide groups is 2. The predicted octanol–water partition coefficient (Wildman–Crippen LogP) is 8.58. The number of hydrazine groups is 1. The van der Waals surface area contributed by atoms with Crippen molar-refractivity contribution in [3.8, 4) is 23.0 Å². The van der Waals surface area contributed by atoms with E-state index in [9.17, 15) is 23.9 Å². The number of aromatic hydroxyl groups is 1. The molecule has 11 nitrogen and oxygen atoms in total. The first-order valence-corrected chi connectivity index (χ1v) is 20.1. The molecule has 0 radical (unpaired) electrons. The van der Waals surface area contributed by atoms with Gasteiger partial charge in [0.1, 0.15) is 11.3 Å². The molecule has 0 bridgehead atoms. The predicted molar refractivity (Wildman–Crippen MR) is 220 cm³/mol. The maximum atomic E-state index is 15.4. The van der Waals surface area contributed by atoms with Gasteiger partial charge in [0.15, 0.2) is 17.1 Å². The Morgan fingerprint density at radius 2 is 1.65 bits per heavy atom. The number of anilines is 2. The molecule has 2 saturated heterocycles. The summed E-state index contributed by atoms with van der Waals surface area (Å²) < 4.78 is 25.8. The van der Waals surface area contributed by atoms with Crippen LogP contribution in [0.2, 0.25) is 5.02 Å². The van der Waals surface area contributed by atoms with E-state index < -0.39 is 58.5 Å². The Balaban J connectivity index is 1.09. The van der Waals surface area contributed by atoms with Gasteiger partial charge >= 0.3 is 0 Å². The molecule has 6 unspecified atom stereocenters. The fraction of sp³-hybridized carbons (Fsp3) is 0.213. The van der Waals surface area contributed by atoms with Crippen molar-refractivity contribution in [3.63, 3.8) is 0 Å². The highest BCUT2D eigenvalue weighted by molar-refractivity contribution is 6.30. The van der Waals surface area contributed by atoms with E-state index in [-0.39, 0.29) is 36.9 Å². The Hall–Kier alpha value is -6.79. The minimum absolute atomic E-state index is 0.0677. The fourth-order valence-corrected chi connectivity index (χ4v) is 10.1. The van der Waals surface area contributed by atoms with Crippen LogP contribution >= 0.6 is 11.6 Å². The van der Waals surface area contributed by atoms with E-state index >= 15 is 4.79 Å². The molecule has 4 amide bonds. The van der Waals surface area contributed by atoms with Crippen molar-refractivity contribution in [1.29, 1.82) is 0 Å². The number of carbonyl (C=O) groups is 4. The lowest BCUT2D eigenvalue weighted by Crippen LogP contribution is -2.53. The van der Waals surface area contributed by atoms with Crippen LogP contribution in [0.3, 0.4) is 0 Å². The van der Waals surface area contributed by atoms with Crippen LogP contribution in [-0.2, 0) is 24.6 Å². The molecule has 3 fully saturated rings. The highest BCUT2D eigenvalue weighted by Crippen LogP contribution is 2.64. The molecule has 13 heteroatoms. The maximum absolute atomic E-state index is 15.4. The van der Waals surface area contributed by atoms with E-state index in [2.05, 4.69) is 10.4 Å². The van der Waals surface area contributed by atoms with Crippen molar-refractivity contribution in [3.05, 3.63) is 149 Å². The minimum Gasteiger partial charge on any atom is -0.504 e. The molecule has 2 N–H and O–H groups in total. The molecular weight excluding hydrogens is 787 g/mol. The number of rotatable bonds is 8. The maximum Gasteiger partial charge on any atom is 0.260 e. The number of ether oxygens (including phenoxy) is 1. The van der Waals surface area contributed by atoms with Crippen molar-refractivity contribution in [2.24, 2.45) is 23.7 Å². The number of halogens is 2. The molecule has 0 spiro atoms. The van der Waals surface area contributed by atoms with Crippen LogP contribution in [0.25, 0.3) is 22.6 Å². The Bertz CT molecular complexity index is 2740. The van der Waals surface area contributed by atoms with Crippen LogP contribution in [0.1, 0.15) is 36.8 Å². The van der Waals surface area contributed by atoms with Gasteiger partial charge in [-0.1, -0.05) is 53.6 Å². The lowest BCUT2D eigenvalue weighted by atomic mass is 9.49. The van der Waals surface area contributed by atoms with Crippen molar-refractivity contribution >= 4 is 57.7 Å². The van der Waals surface area contributed by atoms with Gasteiger partial charge in [-0.15, -0.1) is 0 Å². The second-order valence-corrected chi connectivity index (χ2v) is 16.0. The third kappa shape index (κ3) is 5.65. The standard InChI is InChI=1S/C47H36ClFN4O7/c1-2-59-39-23-26(9-22-37(39)54)41-32-20-21-33-40(45(57)52(43(33)55)31-18-7-25(8-19-31)42-50-36-5-3-4-6-38(36)60-42)34(32)24-35-44(56)53(51-30-16-14-29(49)15-17-30)46(58)47(35,41)27-10-12-28(48)13-11-27/h3-20,22-23,33-35,40-41,51,54H,2,21,24H2,1H3. The highest BCUT2D eigenvalue weighted by Gasteiger charge is 2.70. The number of carbonyl (C=O) groups excluding carboxylic acids is 4. The highest BCUT2D eigenvalue weighted by atomic mass is 35.5. The largest absolute Gasteiger partial charge is 0.504 e. The zero-order valence-corrected chi connectivity index (χ0v) is 32.8. The molecule has 3 heterocycles. The van der Waals surface area contributed by atoms with Gasteiger partial charge in [-0.05, 0) is 122 Å². The van der Waals surface area contributed by atoms with Crippen LogP contribution < -0.4 is 15.1 Å². The average Bonchev–Trinajstić information content (AvgIpc) is 3.87. The van der Waals surface area contributed by atoms with Gasteiger partial charge in [0.2, 0.25) is 17.7 Å². The van der Waals surface area contributed by atoms with Crippen molar-refractivity contribution < 1.29 is 37.8 Å². The van der Waals surface area contributed by atoms with Crippen LogP contribution in [0.15, 0.2) is 131 Å². The number of phenols is 1. The molecule has 6 atom stereocenters. The first-order valence-electron chi connectivity index (χ1n) is 19.7. The molecule has 2 aliphatic heterocycles. The van der Waals surface area contributed by atoms with Crippen LogP contribution in [0.4, 0.5) is 15.8 Å². The van der Waals surface area contributed by atoms with E-state index in [0.717, 1.165) is 10.6 Å². The molecule has 4 aliphatic rings. The quantitative estimate of drug-likeness (QED) is 0.114. The van der Waals surface area contributed by atoms with Gasteiger partial charge in [0, 0.05) is 16.5 Å². The molecule has 1 aromatic heterocycles. The zero-order chi connectivity index (χ0) is 41.4. The molecule has 6 aromatic rings. The first-order chi connectivity index (χ1) is 29.1. The SMILES string of the molecule is CCOc1cc(C2C3=CCC4C(=O)N(c5ccc(-c6nc7ccccc7o6)cc5)C(=O)C4C3CC3C(=O)N(Nc4ccc(F)cc4)C(=O)C32c2ccc(Cl)cc2)ccc1O. The summed E-state index contributed by atoms with van der Waals surface area (Å²) in [6.45, 7) is 2.03. The lowest BCUT2D eigenvalue weighted by molar-refractivity contribution is -0.138. The number of allylic oxidation sites excluding steroid dienone is 2. The van der Waals surface area contributed by atoms with Crippen molar-refractivity contribution in [2.75, 3.05) is 16.9 Å². The molecule has 5 aromatic carbocycles. The summed E-state index contributed by atoms with van der Waals surface area (Å²) in [5, 5.41) is 12.3. The van der Waals surface area contributed by atoms with E-state index in [1.54, 1.807) is 67.6 Å². The molecule has 1 saturated carbocycles.